The third-order valence-corrected chi connectivity index (χ3v) is 4.63. The molecule has 1 aromatic heterocycles. The summed E-state index contributed by atoms with van der Waals surface area (Å²) in [6.07, 6.45) is 0.892. The summed E-state index contributed by atoms with van der Waals surface area (Å²) in [6, 6.07) is 7.63. The first-order valence-electron chi connectivity index (χ1n) is 8.32. The number of anilines is 1. The molecule has 0 spiro atoms. The zero-order chi connectivity index (χ0) is 18.0. The molecule has 1 unspecified atom stereocenters. The highest BCUT2D eigenvalue weighted by Gasteiger charge is 2.30. The molecule has 1 aliphatic rings. The summed E-state index contributed by atoms with van der Waals surface area (Å²) in [5, 5.41) is 4.26. The quantitative estimate of drug-likeness (QED) is 0.894. The van der Waals surface area contributed by atoms with Gasteiger partial charge in [-0.3, -0.25) is 4.79 Å². The Bertz CT molecular complexity index is 772. The van der Waals surface area contributed by atoms with Gasteiger partial charge in [0.1, 0.15) is 12.4 Å². The van der Waals surface area contributed by atoms with Crippen molar-refractivity contribution in [1.29, 1.82) is 0 Å². The maximum atomic E-state index is 12.6. The molecule has 2 aromatic rings. The molecule has 1 amide bonds. The highest BCUT2D eigenvalue weighted by molar-refractivity contribution is 5.76. The number of aryl methyl sites for hydroxylation is 1. The van der Waals surface area contributed by atoms with Gasteiger partial charge in [0.05, 0.1) is 19.9 Å². The van der Waals surface area contributed by atoms with Crippen molar-refractivity contribution < 1.29 is 14.3 Å². The second-order valence-corrected chi connectivity index (χ2v) is 6.28. The number of para-hydroxylation sites is 1. The minimum absolute atomic E-state index is 0.0270. The van der Waals surface area contributed by atoms with Crippen molar-refractivity contribution in [2.45, 2.75) is 25.8 Å². The molecule has 2 N–H and O–H groups in total. The van der Waals surface area contributed by atoms with Gasteiger partial charge < -0.3 is 20.1 Å². The number of carbonyl (C=O) groups is 1. The van der Waals surface area contributed by atoms with E-state index in [0.717, 1.165) is 23.4 Å². The standard InChI is InChI=1S/C18H24N4O3/c1-12-9-16(19)22(20-12)11-17(23)21-8-7-13(10-21)14-5-4-6-15(24-2)18(14)25-3/h4-6,9,13H,7-8,10-11,19H2,1-3H3. The Morgan fingerprint density at radius 2 is 2.16 bits per heavy atom. The van der Waals surface area contributed by atoms with E-state index in [1.54, 1.807) is 25.0 Å². The van der Waals surface area contributed by atoms with Crippen LogP contribution in [0.1, 0.15) is 23.6 Å². The van der Waals surface area contributed by atoms with Crippen molar-refractivity contribution in [3.8, 4) is 11.5 Å². The van der Waals surface area contributed by atoms with Gasteiger partial charge in [-0.25, -0.2) is 4.68 Å². The first-order chi connectivity index (χ1) is 12.0. The lowest BCUT2D eigenvalue weighted by Crippen LogP contribution is -2.32. The lowest BCUT2D eigenvalue weighted by atomic mass is 9.97. The minimum atomic E-state index is 0.0270. The first kappa shape index (κ1) is 17.1. The molecule has 1 aliphatic heterocycles. The normalized spacial score (nSPS) is 16.9. The Morgan fingerprint density at radius 3 is 2.80 bits per heavy atom. The van der Waals surface area contributed by atoms with E-state index < -0.39 is 0 Å². The van der Waals surface area contributed by atoms with E-state index in [4.69, 9.17) is 15.2 Å². The number of carbonyl (C=O) groups excluding carboxylic acids is 1. The number of likely N-dealkylation sites (tertiary alicyclic amines) is 1. The average Bonchev–Trinajstić information content (AvgIpc) is 3.21. The summed E-state index contributed by atoms with van der Waals surface area (Å²) < 4.78 is 12.5. The average molecular weight is 344 g/mol. The number of hydrogen-bond acceptors (Lipinski definition) is 5. The predicted molar refractivity (Wildman–Crippen MR) is 94.9 cm³/mol. The summed E-state index contributed by atoms with van der Waals surface area (Å²) >= 11 is 0. The number of nitrogens with zero attached hydrogens (tertiary/aromatic N) is 3. The van der Waals surface area contributed by atoms with E-state index in [0.29, 0.717) is 24.7 Å². The number of rotatable bonds is 5. The van der Waals surface area contributed by atoms with Crippen molar-refractivity contribution in [1.82, 2.24) is 14.7 Å². The molecule has 0 radical (unpaired) electrons. The maximum absolute atomic E-state index is 12.6. The fourth-order valence-electron chi connectivity index (χ4n) is 3.39. The Labute approximate surface area is 147 Å². The van der Waals surface area contributed by atoms with E-state index in [1.807, 2.05) is 30.0 Å². The van der Waals surface area contributed by atoms with Gasteiger partial charge in [0.15, 0.2) is 11.5 Å². The summed E-state index contributed by atoms with van der Waals surface area (Å²) in [5.74, 6) is 2.22. The summed E-state index contributed by atoms with van der Waals surface area (Å²) in [6.45, 7) is 3.40. The van der Waals surface area contributed by atoms with Gasteiger partial charge in [0, 0.05) is 30.6 Å². The van der Waals surface area contributed by atoms with Gasteiger partial charge in [-0.1, -0.05) is 12.1 Å². The SMILES string of the molecule is COc1cccc(C2CCN(C(=O)Cn3nc(C)cc3N)C2)c1OC. The fourth-order valence-corrected chi connectivity index (χ4v) is 3.39. The smallest absolute Gasteiger partial charge is 0.244 e. The Hall–Kier alpha value is -2.70. The molecule has 7 heteroatoms. The molecular formula is C18H24N4O3. The maximum Gasteiger partial charge on any atom is 0.244 e. The molecule has 0 saturated carbocycles. The Morgan fingerprint density at radius 1 is 1.36 bits per heavy atom. The third kappa shape index (κ3) is 3.40. The van der Waals surface area contributed by atoms with Crippen LogP contribution in [0.4, 0.5) is 5.82 Å². The van der Waals surface area contributed by atoms with Crippen molar-refractivity contribution >= 4 is 11.7 Å². The van der Waals surface area contributed by atoms with Crippen LogP contribution in [0.2, 0.25) is 0 Å². The number of methoxy groups -OCH3 is 2. The molecule has 1 fully saturated rings. The van der Waals surface area contributed by atoms with Crippen molar-refractivity contribution in [3.63, 3.8) is 0 Å². The van der Waals surface area contributed by atoms with E-state index >= 15 is 0 Å². The molecule has 1 atom stereocenters. The number of benzene rings is 1. The van der Waals surface area contributed by atoms with Gasteiger partial charge in [-0.15, -0.1) is 0 Å². The van der Waals surface area contributed by atoms with Crippen molar-refractivity contribution in [3.05, 3.63) is 35.5 Å². The lowest BCUT2D eigenvalue weighted by molar-refractivity contribution is -0.130. The topological polar surface area (TPSA) is 82.6 Å². The van der Waals surface area contributed by atoms with E-state index in [2.05, 4.69) is 5.10 Å². The number of aromatic nitrogens is 2. The van der Waals surface area contributed by atoms with Gasteiger partial charge in [0.25, 0.3) is 0 Å². The lowest BCUT2D eigenvalue weighted by Gasteiger charge is -2.19. The molecule has 0 bridgehead atoms. The molecular weight excluding hydrogens is 320 g/mol. The summed E-state index contributed by atoms with van der Waals surface area (Å²) in [7, 11) is 3.27. The molecule has 7 nitrogen and oxygen atoms in total. The highest BCUT2D eigenvalue weighted by atomic mass is 16.5. The monoisotopic (exact) mass is 344 g/mol. The van der Waals surface area contributed by atoms with Crippen LogP contribution in [-0.4, -0.2) is 47.9 Å². The predicted octanol–water partition coefficient (Wildman–Crippen LogP) is 1.81. The third-order valence-electron chi connectivity index (χ3n) is 4.63. The summed E-state index contributed by atoms with van der Waals surface area (Å²) in [5.41, 5.74) is 7.76. The van der Waals surface area contributed by atoms with Crippen LogP contribution in [0.3, 0.4) is 0 Å². The van der Waals surface area contributed by atoms with E-state index in [1.165, 1.54) is 0 Å². The zero-order valence-corrected chi connectivity index (χ0v) is 14.9. The zero-order valence-electron chi connectivity index (χ0n) is 14.9. The van der Waals surface area contributed by atoms with Gasteiger partial charge in [-0.2, -0.15) is 5.10 Å². The molecule has 3 rings (SSSR count). The number of amides is 1. The van der Waals surface area contributed by atoms with Crippen LogP contribution >= 0.6 is 0 Å². The summed E-state index contributed by atoms with van der Waals surface area (Å²) in [4.78, 5) is 14.4. The van der Waals surface area contributed by atoms with Gasteiger partial charge >= 0.3 is 0 Å². The van der Waals surface area contributed by atoms with Crippen molar-refractivity contribution in [2.24, 2.45) is 0 Å². The molecule has 25 heavy (non-hydrogen) atoms. The fraction of sp³-hybridized carbons (Fsp3) is 0.444. The molecule has 1 saturated heterocycles. The Balaban J connectivity index is 1.71. The molecule has 1 aromatic carbocycles. The van der Waals surface area contributed by atoms with E-state index in [-0.39, 0.29) is 18.4 Å². The Kier molecular flexibility index (Phi) is 4.83. The highest BCUT2D eigenvalue weighted by Crippen LogP contribution is 2.39. The van der Waals surface area contributed by atoms with Crippen molar-refractivity contribution in [2.75, 3.05) is 33.0 Å². The van der Waals surface area contributed by atoms with Crippen LogP contribution in [-0.2, 0) is 11.3 Å². The second kappa shape index (κ2) is 7.04. The van der Waals surface area contributed by atoms with Crippen LogP contribution in [0.15, 0.2) is 24.3 Å². The largest absolute Gasteiger partial charge is 0.493 e. The van der Waals surface area contributed by atoms with Gasteiger partial charge in [-0.05, 0) is 19.4 Å². The number of nitrogens with two attached hydrogens (primary N) is 1. The molecule has 0 aliphatic carbocycles. The molecule has 134 valence electrons. The first-order valence-corrected chi connectivity index (χ1v) is 8.32. The number of hydrogen-bond donors (Lipinski definition) is 1. The van der Waals surface area contributed by atoms with Crippen LogP contribution in [0, 0.1) is 6.92 Å². The second-order valence-electron chi connectivity index (χ2n) is 6.28. The van der Waals surface area contributed by atoms with Crippen LogP contribution in [0.25, 0.3) is 0 Å². The van der Waals surface area contributed by atoms with Crippen LogP contribution in [0.5, 0.6) is 11.5 Å². The van der Waals surface area contributed by atoms with Gasteiger partial charge in [0.2, 0.25) is 5.91 Å². The van der Waals surface area contributed by atoms with E-state index in [9.17, 15) is 4.79 Å². The van der Waals surface area contributed by atoms with Crippen LogP contribution < -0.4 is 15.2 Å². The molecule has 2 heterocycles. The number of nitrogen functional groups attached to an aromatic ring is 1. The minimum Gasteiger partial charge on any atom is -0.493 e. The number of ether oxygens (including phenoxy) is 2.